The molecule has 0 N–H and O–H groups in total. The molecule has 1 aromatic carbocycles. The highest BCUT2D eigenvalue weighted by atomic mass is 15.1. The third-order valence-corrected chi connectivity index (χ3v) is 5.65. The van der Waals surface area contributed by atoms with Crippen LogP contribution in [0.3, 0.4) is 0 Å². The van der Waals surface area contributed by atoms with E-state index in [0.717, 1.165) is 24.9 Å². The molecule has 1 nitrogen and oxygen atoms in total. The predicted octanol–water partition coefficient (Wildman–Crippen LogP) is 5.43. The summed E-state index contributed by atoms with van der Waals surface area (Å²) < 4.78 is 0. The Bertz CT molecular complexity index is 468. The van der Waals surface area contributed by atoms with Crippen LogP contribution in [-0.4, -0.2) is 18.0 Å². The van der Waals surface area contributed by atoms with Gasteiger partial charge in [-0.15, -0.1) is 0 Å². The minimum Gasteiger partial charge on any atom is -0.295 e. The van der Waals surface area contributed by atoms with Crippen molar-refractivity contribution in [1.29, 1.82) is 0 Å². The molecule has 1 heterocycles. The summed E-state index contributed by atoms with van der Waals surface area (Å²) in [5.74, 6) is 1.94. The molecule has 0 amide bonds. The molecule has 0 saturated heterocycles. The summed E-state index contributed by atoms with van der Waals surface area (Å²) in [4.78, 5) is 2.58. The first kappa shape index (κ1) is 15.8. The largest absolute Gasteiger partial charge is 0.295 e. The minimum atomic E-state index is 0.909. The van der Waals surface area contributed by atoms with Gasteiger partial charge in [-0.25, -0.2) is 0 Å². The van der Waals surface area contributed by atoms with Gasteiger partial charge in [0, 0.05) is 19.6 Å². The van der Waals surface area contributed by atoms with E-state index in [1.807, 2.05) is 0 Å². The standard InChI is InChI=1S/C21H31N/c1-2-6-18-9-11-20(12-10-18)21-13-15-22(16-14-21)17-19-7-4-3-5-8-19/h3-5,7-8,13,18,20H,2,6,9-12,14-17H2,1H3. The lowest BCUT2D eigenvalue weighted by Crippen LogP contribution is -2.30. The molecule has 1 heteroatoms. The van der Waals surface area contributed by atoms with Crippen LogP contribution in [0, 0.1) is 11.8 Å². The van der Waals surface area contributed by atoms with Gasteiger partial charge in [-0.3, -0.25) is 4.90 Å². The Labute approximate surface area is 136 Å². The second kappa shape index (κ2) is 7.97. The van der Waals surface area contributed by atoms with Gasteiger partial charge in [0.1, 0.15) is 0 Å². The zero-order valence-electron chi connectivity index (χ0n) is 14.1. The molecule has 1 aromatic rings. The number of nitrogens with zero attached hydrogens (tertiary/aromatic N) is 1. The van der Waals surface area contributed by atoms with Crippen molar-refractivity contribution in [2.75, 3.05) is 13.1 Å². The molecule has 3 rings (SSSR count). The van der Waals surface area contributed by atoms with Gasteiger partial charge >= 0.3 is 0 Å². The van der Waals surface area contributed by atoms with Crippen LogP contribution in [0.5, 0.6) is 0 Å². The first-order valence-corrected chi connectivity index (χ1v) is 9.30. The Balaban J connectivity index is 1.47. The monoisotopic (exact) mass is 297 g/mol. The maximum atomic E-state index is 2.58. The van der Waals surface area contributed by atoms with E-state index in [9.17, 15) is 0 Å². The van der Waals surface area contributed by atoms with Gasteiger partial charge in [0.25, 0.3) is 0 Å². The van der Waals surface area contributed by atoms with Crippen LogP contribution in [-0.2, 0) is 6.54 Å². The number of rotatable bonds is 5. The van der Waals surface area contributed by atoms with Crippen LogP contribution in [0.25, 0.3) is 0 Å². The van der Waals surface area contributed by atoms with E-state index in [4.69, 9.17) is 0 Å². The molecule has 120 valence electrons. The molecule has 1 fully saturated rings. The summed E-state index contributed by atoms with van der Waals surface area (Å²) >= 11 is 0. The number of hydrogen-bond acceptors (Lipinski definition) is 1. The van der Waals surface area contributed by atoms with E-state index in [-0.39, 0.29) is 0 Å². The van der Waals surface area contributed by atoms with Crippen LogP contribution < -0.4 is 0 Å². The van der Waals surface area contributed by atoms with E-state index in [1.165, 1.54) is 57.1 Å². The lowest BCUT2D eigenvalue weighted by atomic mass is 9.76. The molecule has 0 atom stereocenters. The SMILES string of the molecule is CCCC1CCC(C2=CCN(Cc3ccccc3)CC2)CC1. The average molecular weight is 297 g/mol. The highest BCUT2D eigenvalue weighted by Gasteiger charge is 2.25. The first-order valence-electron chi connectivity index (χ1n) is 9.30. The molecule has 1 aliphatic heterocycles. The predicted molar refractivity (Wildman–Crippen MR) is 94.8 cm³/mol. The van der Waals surface area contributed by atoms with Crippen LogP contribution in [0.4, 0.5) is 0 Å². The van der Waals surface area contributed by atoms with Gasteiger partial charge in [0.15, 0.2) is 0 Å². The molecule has 0 bridgehead atoms. The van der Waals surface area contributed by atoms with Gasteiger partial charge in [0.2, 0.25) is 0 Å². The van der Waals surface area contributed by atoms with E-state index >= 15 is 0 Å². The van der Waals surface area contributed by atoms with Crippen molar-refractivity contribution in [2.45, 2.75) is 58.4 Å². The summed E-state index contributed by atoms with van der Waals surface area (Å²) in [7, 11) is 0. The smallest absolute Gasteiger partial charge is 0.0237 e. The molecule has 1 aliphatic carbocycles. The van der Waals surface area contributed by atoms with Crippen molar-refractivity contribution < 1.29 is 0 Å². The second-order valence-electron chi connectivity index (χ2n) is 7.26. The van der Waals surface area contributed by atoms with Gasteiger partial charge in [0.05, 0.1) is 0 Å². The average Bonchev–Trinajstić information content (AvgIpc) is 2.58. The van der Waals surface area contributed by atoms with Crippen molar-refractivity contribution in [3.63, 3.8) is 0 Å². The summed E-state index contributed by atoms with van der Waals surface area (Å²) in [5.41, 5.74) is 3.22. The van der Waals surface area contributed by atoms with Crippen molar-refractivity contribution in [1.82, 2.24) is 4.90 Å². The fourth-order valence-electron chi connectivity index (χ4n) is 4.31. The summed E-state index contributed by atoms with van der Waals surface area (Å²) in [5, 5.41) is 0. The third-order valence-electron chi connectivity index (χ3n) is 5.65. The molecule has 1 saturated carbocycles. The highest BCUT2D eigenvalue weighted by molar-refractivity contribution is 5.17. The number of hydrogen-bond donors (Lipinski definition) is 0. The van der Waals surface area contributed by atoms with Crippen molar-refractivity contribution >= 4 is 0 Å². The summed E-state index contributed by atoms with van der Waals surface area (Å²) in [6, 6.07) is 10.9. The molecule has 0 unspecified atom stereocenters. The Morgan fingerprint density at radius 2 is 1.82 bits per heavy atom. The van der Waals surface area contributed by atoms with Gasteiger partial charge in [-0.1, -0.05) is 61.7 Å². The Morgan fingerprint density at radius 3 is 2.45 bits per heavy atom. The topological polar surface area (TPSA) is 3.24 Å². The minimum absolute atomic E-state index is 0.909. The normalized spacial score (nSPS) is 26.7. The highest BCUT2D eigenvalue weighted by Crippen LogP contribution is 2.37. The second-order valence-corrected chi connectivity index (χ2v) is 7.26. The molecule has 2 aliphatic rings. The van der Waals surface area contributed by atoms with Crippen LogP contribution >= 0.6 is 0 Å². The third kappa shape index (κ3) is 4.23. The molecular formula is C21H31N. The molecule has 0 radical (unpaired) electrons. The number of benzene rings is 1. The van der Waals surface area contributed by atoms with E-state index in [1.54, 1.807) is 5.57 Å². The zero-order chi connectivity index (χ0) is 15.2. The molecule has 0 aromatic heterocycles. The van der Waals surface area contributed by atoms with Gasteiger partial charge in [-0.05, 0) is 49.5 Å². The van der Waals surface area contributed by atoms with Gasteiger partial charge < -0.3 is 0 Å². The van der Waals surface area contributed by atoms with E-state index in [2.05, 4.69) is 48.2 Å². The van der Waals surface area contributed by atoms with Gasteiger partial charge in [-0.2, -0.15) is 0 Å². The van der Waals surface area contributed by atoms with Crippen molar-refractivity contribution in [3.05, 3.63) is 47.5 Å². The molecule has 22 heavy (non-hydrogen) atoms. The maximum Gasteiger partial charge on any atom is 0.0237 e. The zero-order valence-corrected chi connectivity index (χ0v) is 14.1. The summed E-state index contributed by atoms with van der Waals surface area (Å²) in [6.45, 7) is 5.83. The first-order chi connectivity index (χ1) is 10.8. The van der Waals surface area contributed by atoms with Crippen LogP contribution in [0.2, 0.25) is 0 Å². The van der Waals surface area contributed by atoms with Crippen LogP contribution in [0.1, 0.15) is 57.4 Å². The maximum absolute atomic E-state index is 2.58. The Morgan fingerprint density at radius 1 is 1.05 bits per heavy atom. The quantitative estimate of drug-likeness (QED) is 0.655. The lowest BCUT2D eigenvalue weighted by molar-refractivity contribution is 0.251. The van der Waals surface area contributed by atoms with Crippen molar-refractivity contribution in [3.8, 4) is 0 Å². The molecular weight excluding hydrogens is 266 g/mol. The Kier molecular flexibility index (Phi) is 5.72. The summed E-state index contributed by atoms with van der Waals surface area (Å²) in [6.07, 6.45) is 12.5. The Hall–Kier alpha value is -1.08. The molecule has 0 spiro atoms. The van der Waals surface area contributed by atoms with E-state index in [0.29, 0.717) is 0 Å². The fraction of sp³-hybridized carbons (Fsp3) is 0.619. The fourth-order valence-corrected chi connectivity index (χ4v) is 4.31. The van der Waals surface area contributed by atoms with E-state index < -0.39 is 0 Å². The lowest BCUT2D eigenvalue weighted by Gasteiger charge is -2.34. The van der Waals surface area contributed by atoms with Crippen LogP contribution in [0.15, 0.2) is 42.0 Å². The van der Waals surface area contributed by atoms with Crippen molar-refractivity contribution in [2.24, 2.45) is 11.8 Å².